The van der Waals surface area contributed by atoms with Gasteiger partial charge in [0.25, 0.3) is 0 Å². The van der Waals surface area contributed by atoms with Crippen molar-refractivity contribution in [2.45, 2.75) is 63.2 Å². The summed E-state index contributed by atoms with van der Waals surface area (Å²) in [6, 6.07) is 55.7. The fraction of sp³-hybridized carbons (Fsp3) is 0.192. The zero-order valence-corrected chi connectivity index (χ0v) is 35.8. The van der Waals surface area contributed by atoms with E-state index in [1.807, 2.05) is 0 Å². The molecular formula is C52H48N2Si2. The van der Waals surface area contributed by atoms with E-state index in [0.29, 0.717) is 0 Å². The number of para-hydroxylation sites is 4. The van der Waals surface area contributed by atoms with Gasteiger partial charge in [0.05, 0.1) is 38.2 Å². The van der Waals surface area contributed by atoms with Crippen molar-refractivity contribution >= 4 is 59.8 Å². The van der Waals surface area contributed by atoms with Gasteiger partial charge in [-0.3, -0.25) is 0 Å². The molecule has 0 spiro atoms. The second-order valence-electron chi connectivity index (χ2n) is 18.9. The average Bonchev–Trinajstić information content (AvgIpc) is 3.87. The van der Waals surface area contributed by atoms with Crippen LogP contribution in [0.2, 0.25) is 39.3 Å². The van der Waals surface area contributed by atoms with Gasteiger partial charge in [0, 0.05) is 43.0 Å². The summed E-state index contributed by atoms with van der Waals surface area (Å²) in [6.07, 6.45) is 0. The Morgan fingerprint density at radius 1 is 0.339 bits per heavy atom. The Morgan fingerprint density at radius 2 is 0.643 bits per heavy atom. The van der Waals surface area contributed by atoms with Crippen LogP contribution in [0.5, 0.6) is 0 Å². The van der Waals surface area contributed by atoms with E-state index in [4.69, 9.17) is 0 Å². The Hall–Kier alpha value is -5.43. The normalized spacial score (nSPS) is 18.9. The lowest BCUT2D eigenvalue weighted by Crippen LogP contribution is -2.48. The van der Waals surface area contributed by atoms with Crippen LogP contribution in [0.15, 0.2) is 146 Å². The first kappa shape index (κ1) is 33.9. The molecule has 0 amide bonds. The number of hydrogen-bond donors (Lipinski definition) is 0. The molecule has 274 valence electrons. The maximum atomic E-state index is 2.71. The number of nitrogens with zero attached hydrogens (tertiary/aromatic N) is 2. The minimum Gasteiger partial charge on any atom is -0.309 e. The summed E-state index contributed by atoms with van der Waals surface area (Å²) in [6.45, 7) is 20.6. The second-order valence-corrected chi connectivity index (χ2v) is 29.9. The number of benzene rings is 7. The number of aromatic nitrogens is 2. The van der Waals surface area contributed by atoms with Crippen LogP contribution in [0.25, 0.3) is 77.2 Å². The molecule has 7 aromatic carbocycles. The van der Waals surface area contributed by atoms with Gasteiger partial charge in [-0.05, 0) is 99.1 Å². The van der Waals surface area contributed by atoms with Gasteiger partial charge in [-0.15, -0.1) is 0 Å². The van der Waals surface area contributed by atoms with Crippen LogP contribution in [-0.4, -0.2) is 25.3 Å². The van der Waals surface area contributed by atoms with Crippen molar-refractivity contribution in [2.75, 3.05) is 0 Å². The van der Waals surface area contributed by atoms with Gasteiger partial charge in [-0.1, -0.05) is 144 Å². The van der Waals surface area contributed by atoms with Gasteiger partial charge >= 0.3 is 0 Å². The minimum atomic E-state index is -1.82. The monoisotopic (exact) mass is 756 g/mol. The van der Waals surface area contributed by atoms with Crippen LogP contribution in [0.4, 0.5) is 0 Å². The van der Waals surface area contributed by atoms with Crippen LogP contribution in [0, 0.1) is 0 Å². The Bertz CT molecular complexity index is 2830. The van der Waals surface area contributed by atoms with Crippen molar-refractivity contribution in [3.05, 3.63) is 168 Å². The Kier molecular flexibility index (Phi) is 6.72. The highest BCUT2D eigenvalue weighted by Gasteiger charge is 2.53. The molecule has 2 aromatic heterocycles. The van der Waals surface area contributed by atoms with Crippen molar-refractivity contribution in [1.29, 1.82) is 0 Å². The lowest BCUT2D eigenvalue weighted by atomic mass is 9.91. The molecule has 11 rings (SSSR count). The zero-order chi connectivity index (χ0) is 38.5. The molecule has 2 unspecified atom stereocenters. The third-order valence-electron chi connectivity index (χ3n) is 14.6. The lowest BCUT2D eigenvalue weighted by Gasteiger charge is -2.42. The highest BCUT2D eigenvalue weighted by atomic mass is 28.3. The number of fused-ring (bicyclic) bond motifs is 12. The quantitative estimate of drug-likeness (QED) is 0.158. The molecule has 2 aliphatic rings. The van der Waals surface area contributed by atoms with Crippen molar-refractivity contribution < 1.29 is 0 Å². The summed E-state index contributed by atoms with van der Waals surface area (Å²) in [5.74, 6) is 0. The highest BCUT2D eigenvalue weighted by molar-refractivity contribution is 6.80. The first-order valence-corrected chi connectivity index (χ1v) is 27.3. The SMILES string of the molecule is CC1([Si](C)(C)C)c2ccc(-n3c4ccccc4c4ccccc43)cc2-c2cc3c(cc21)C(C)([Si](C)(C)C)c1ccc(-n2c4ccccc4c4ccccc42)cc1-3. The molecule has 56 heavy (non-hydrogen) atoms. The summed E-state index contributed by atoms with van der Waals surface area (Å²) in [7, 11) is -3.65. The van der Waals surface area contributed by atoms with Crippen molar-refractivity contribution in [3.8, 4) is 33.6 Å². The standard InChI is InChI=1S/C52H48N2Si2/c1-51(55(3,4)5)43-27-25-33(53-47-21-13-9-17-35(47)36-18-10-14-22-48(36)53)29-39(43)41-31-42-40-30-34(26-28-44(40)52(2,56(6,7)8)46(42)32-45(41)51)54-49-23-15-11-19-37(49)38-20-12-16-24-50(38)54/h9-32H,1-8H3. The maximum Gasteiger partial charge on any atom is 0.0609 e. The van der Waals surface area contributed by atoms with Gasteiger partial charge in [0.15, 0.2) is 0 Å². The topological polar surface area (TPSA) is 9.86 Å². The molecule has 2 aliphatic carbocycles. The first-order valence-electron chi connectivity index (χ1n) is 20.3. The molecule has 0 N–H and O–H groups in total. The Balaban J connectivity index is 1.19. The van der Waals surface area contributed by atoms with Crippen LogP contribution in [0.1, 0.15) is 36.1 Å². The molecule has 0 saturated heterocycles. The first-order chi connectivity index (χ1) is 26.8. The molecule has 4 heteroatoms. The van der Waals surface area contributed by atoms with E-state index in [9.17, 15) is 0 Å². The molecular weight excluding hydrogens is 709 g/mol. The largest absolute Gasteiger partial charge is 0.309 e. The van der Waals surface area contributed by atoms with Crippen LogP contribution in [-0.2, 0) is 10.1 Å². The fourth-order valence-corrected chi connectivity index (χ4v) is 14.9. The van der Waals surface area contributed by atoms with E-state index in [2.05, 4.69) is 208 Å². The summed E-state index contributed by atoms with van der Waals surface area (Å²) in [5, 5.41) is 5.14. The van der Waals surface area contributed by atoms with E-state index in [0.717, 1.165) is 0 Å². The molecule has 2 nitrogen and oxygen atoms in total. The fourth-order valence-electron chi connectivity index (χ4n) is 10.8. The molecule has 0 aliphatic heterocycles. The van der Waals surface area contributed by atoms with E-state index in [1.54, 1.807) is 0 Å². The summed E-state index contributed by atoms with van der Waals surface area (Å²) >= 11 is 0. The molecule has 0 saturated carbocycles. The maximum absolute atomic E-state index is 2.71. The molecule has 2 atom stereocenters. The predicted molar refractivity (Wildman–Crippen MR) is 246 cm³/mol. The third-order valence-corrected chi connectivity index (χ3v) is 21.7. The molecule has 0 bridgehead atoms. The van der Waals surface area contributed by atoms with Gasteiger partial charge in [0.1, 0.15) is 0 Å². The lowest BCUT2D eigenvalue weighted by molar-refractivity contribution is 0.773. The smallest absolute Gasteiger partial charge is 0.0609 e. The molecule has 9 aromatic rings. The van der Waals surface area contributed by atoms with Gasteiger partial charge in [-0.2, -0.15) is 0 Å². The van der Waals surface area contributed by atoms with E-state index in [1.165, 1.54) is 99.5 Å². The van der Waals surface area contributed by atoms with E-state index < -0.39 is 16.1 Å². The average molecular weight is 757 g/mol. The van der Waals surface area contributed by atoms with Crippen molar-refractivity contribution in [3.63, 3.8) is 0 Å². The molecule has 2 heterocycles. The van der Waals surface area contributed by atoms with Crippen LogP contribution in [0.3, 0.4) is 0 Å². The minimum absolute atomic E-state index is 0.0324. The second kappa shape index (κ2) is 11.1. The highest BCUT2D eigenvalue weighted by Crippen LogP contribution is 2.60. The number of rotatable bonds is 4. The predicted octanol–water partition coefficient (Wildman–Crippen LogP) is 14.2. The van der Waals surface area contributed by atoms with Crippen molar-refractivity contribution in [2.24, 2.45) is 0 Å². The van der Waals surface area contributed by atoms with Gasteiger partial charge in [-0.25, -0.2) is 0 Å². The van der Waals surface area contributed by atoms with Crippen LogP contribution >= 0.6 is 0 Å². The van der Waals surface area contributed by atoms with Crippen molar-refractivity contribution in [1.82, 2.24) is 9.13 Å². The number of hydrogen-bond acceptors (Lipinski definition) is 0. The summed E-state index contributed by atoms with van der Waals surface area (Å²) in [5.41, 5.74) is 19.2. The van der Waals surface area contributed by atoms with E-state index in [-0.39, 0.29) is 10.1 Å². The Labute approximate surface area is 332 Å². The third kappa shape index (κ3) is 4.16. The van der Waals surface area contributed by atoms with Gasteiger partial charge in [0.2, 0.25) is 0 Å². The molecule has 0 fully saturated rings. The van der Waals surface area contributed by atoms with Gasteiger partial charge < -0.3 is 9.13 Å². The Morgan fingerprint density at radius 3 is 0.964 bits per heavy atom. The summed E-state index contributed by atoms with van der Waals surface area (Å²) < 4.78 is 4.97. The zero-order valence-electron chi connectivity index (χ0n) is 33.8. The van der Waals surface area contributed by atoms with Crippen LogP contribution < -0.4 is 0 Å². The summed E-state index contributed by atoms with van der Waals surface area (Å²) in [4.78, 5) is 0. The van der Waals surface area contributed by atoms with E-state index >= 15 is 0 Å². The molecule has 0 radical (unpaired) electrons.